The van der Waals surface area contributed by atoms with Crippen molar-refractivity contribution in [2.24, 2.45) is 0 Å². The average molecular weight is 242 g/mol. The van der Waals surface area contributed by atoms with Gasteiger partial charge in [0.2, 0.25) is 0 Å². The second-order valence-corrected chi connectivity index (χ2v) is 3.90. The quantitative estimate of drug-likeness (QED) is 0.696. The molecule has 0 aromatic carbocycles. The maximum absolute atomic E-state index is 11.5. The average Bonchev–Trinajstić information content (AvgIpc) is 2.60. The van der Waals surface area contributed by atoms with Crippen LogP contribution >= 0.6 is 0 Å². The zero-order chi connectivity index (χ0) is 12.4. The van der Waals surface area contributed by atoms with Crippen LogP contribution in [0.4, 0.5) is 0 Å². The van der Waals surface area contributed by atoms with Gasteiger partial charge in [-0.2, -0.15) is 0 Å². The van der Waals surface area contributed by atoms with E-state index in [9.17, 15) is 14.7 Å². The number of nitrogens with one attached hydrogen (secondary N) is 1. The van der Waals surface area contributed by atoms with Gasteiger partial charge in [-0.25, -0.2) is 4.79 Å². The molecule has 0 spiro atoms. The van der Waals surface area contributed by atoms with E-state index in [2.05, 4.69) is 4.98 Å². The Hall–Kier alpha value is -1.44. The molecule has 1 aliphatic rings. The summed E-state index contributed by atoms with van der Waals surface area (Å²) in [6.45, 7) is 0.260. The molecule has 3 atom stereocenters. The van der Waals surface area contributed by atoms with Crippen molar-refractivity contribution < 1.29 is 14.6 Å². The molecule has 7 nitrogen and oxygen atoms in total. The zero-order valence-electron chi connectivity index (χ0n) is 9.33. The summed E-state index contributed by atoms with van der Waals surface area (Å²) in [7, 11) is 1.51. The number of H-pyrrole nitrogens is 1. The molecular weight excluding hydrogens is 228 g/mol. The Morgan fingerprint density at radius 3 is 3.06 bits per heavy atom. The molecule has 1 aromatic rings. The minimum Gasteiger partial charge on any atom is -0.390 e. The number of nitrogens with zero attached hydrogens (tertiary/aromatic N) is 1. The second kappa shape index (κ2) is 4.82. The Kier molecular flexibility index (Phi) is 3.41. The Labute approximate surface area is 96.6 Å². The van der Waals surface area contributed by atoms with Crippen LogP contribution in [-0.4, -0.2) is 40.6 Å². The normalized spacial score (nSPS) is 28.5. The fourth-order valence-corrected chi connectivity index (χ4v) is 1.85. The molecule has 17 heavy (non-hydrogen) atoms. The fraction of sp³-hybridized carbons (Fsp3) is 0.600. The van der Waals surface area contributed by atoms with Crippen LogP contribution in [0, 0.1) is 0 Å². The summed E-state index contributed by atoms with van der Waals surface area (Å²) in [5.74, 6) is 0. The van der Waals surface area contributed by atoms with Crippen LogP contribution in [-0.2, 0) is 9.47 Å². The molecule has 0 radical (unpaired) electrons. The monoisotopic (exact) mass is 242 g/mol. The molecule has 7 heteroatoms. The van der Waals surface area contributed by atoms with Crippen molar-refractivity contribution in [2.45, 2.75) is 24.9 Å². The molecule has 1 saturated heterocycles. The van der Waals surface area contributed by atoms with Crippen molar-refractivity contribution in [3.63, 3.8) is 0 Å². The topological polar surface area (TPSA) is 93.5 Å². The number of aliphatic hydroxyl groups excluding tert-OH is 1. The van der Waals surface area contributed by atoms with Crippen LogP contribution in [0.2, 0.25) is 0 Å². The van der Waals surface area contributed by atoms with Gasteiger partial charge in [0.25, 0.3) is 5.56 Å². The van der Waals surface area contributed by atoms with E-state index in [1.807, 2.05) is 0 Å². The molecule has 1 aliphatic heterocycles. The van der Waals surface area contributed by atoms with Gasteiger partial charge in [-0.1, -0.05) is 0 Å². The van der Waals surface area contributed by atoms with Gasteiger partial charge in [-0.15, -0.1) is 0 Å². The number of hydrogen-bond donors (Lipinski definition) is 2. The van der Waals surface area contributed by atoms with Gasteiger partial charge in [0.15, 0.2) is 0 Å². The standard InChI is InChI=1S/C10H14N2O5/c1-16-5-7-6(13)4-9(17-7)12-3-2-8(14)11-10(12)15/h2-3,6-7,9,13H,4-5H2,1H3,(H,11,14,15)/t6?,7-,9-/m1/s1. The van der Waals surface area contributed by atoms with E-state index in [-0.39, 0.29) is 6.61 Å². The smallest absolute Gasteiger partial charge is 0.330 e. The minimum atomic E-state index is -0.682. The highest BCUT2D eigenvalue weighted by Crippen LogP contribution is 2.27. The Balaban J connectivity index is 2.19. The van der Waals surface area contributed by atoms with Gasteiger partial charge in [0, 0.05) is 25.8 Å². The Morgan fingerprint density at radius 2 is 2.41 bits per heavy atom. The van der Waals surface area contributed by atoms with Crippen molar-refractivity contribution in [3.8, 4) is 0 Å². The number of methoxy groups -OCH3 is 1. The summed E-state index contributed by atoms with van der Waals surface area (Å²) in [6.07, 6.45) is -0.0645. The molecule has 0 amide bonds. The van der Waals surface area contributed by atoms with Crippen LogP contribution in [0.1, 0.15) is 12.6 Å². The van der Waals surface area contributed by atoms with Gasteiger partial charge in [0.05, 0.1) is 12.7 Å². The summed E-state index contributed by atoms with van der Waals surface area (Å²) < 4.78 is 11.6. The first-order valence-electron chi connectivity index (χ1n) is 5.25. The van der Waals surface area contributed by atoms with E-state index in [0.717, 1.165) is 0 Å². The molecule has 1 unspecified atom stereocenters. The minimum absolute atomic E-state index is 0.260. The number of aliphatic hydroxyl groups is 1. The largest absolute Gasteiger partial charge is 0.390 e. The molecule has 2 rings (SSSR count). The van der Waals surface area contributed by atoms with E-state index in [0.29, 0.717) is 6.42 Å². The van der Waals surface area contributed by atoms with Gasteiger partial charge in [0.1, 0.15) is 12.3 Å². The number of ether oxygens (including phenoxy) is 2. The fourth-order valence-electron chi connectivity index (χ4n) is 1.85. The Bertz CT molecular complexity index is 494. The number of hydrogen-bond acceptors (Lipinski definition) is 5. The lowest BCUT2D eigenvalue weighted by Crippen LogP contribution is -2.31. The first-order valence-corrected chi connectivity index (χ1v) is 5.25. The van der Waals surface area contributed by atoms with E-state index >= 15 is 0 Å². The lowest BCUT2D eigenvalue weighted by Gasteiger charge is -2.14. The third-order valence-electron chi connectivity index (χ3n) is 2.70. The lowest BCUT2D eigenvalue weighted by atomic mass is 10.2. The van der Waals surface area contributed by atoms with Gasteiger partial charge in [-0.05, 0) is 0 Å². The van der Waals surface area contributed by atoms with Crippen molar-refractivity contribution in [2.75, 3.05) is 13.7 Å². The van der Waals surface area contributed by atoms with Crippen LogP contribution < -0.4 is 11.2 Å². The molecule has 2 N–H and O–H groups in total. The third kappa shape index (κ3) is 2.46. The maximum atomic E-state index is 11.5. The summed E-state index contributed by atoms with van der Waals surface area (Å²) in [5.41, 5.74) is -1.01. The molecule has 0 bridgehead atoms. The second-order valence-electron chi connectivity index (χ2n) is 3.90. The lowest BCUT2D eigenvalue weighted by molar-refractivity contribution is -0.0547. The van der Waals surface area contributed by atoms with E-state index in [1.165, 1.54) is 23.9 Å². The van der Waals surface area contributed by atoms with Crippen LogP contribution in [0.15, 0.2) is 21.9 Å². The highest BCUT2D eigenvalue weighted by atomic mass is 16.6. The summed E-state index contributed by atoms with van der Waals surface area (Å²) in [4.78, 5) is 24.6. The van der Waals surface area contributed by atoms with Crippen LogP contribution in [0.5, 0.6) is 0 Å². The molecule has 2 heterocycles. The van der Waals surface area contributed by atoms with Crippen molar-refractivity contribution in [1.82, 2.24) is 9.55 Å². The van der Waals surface area contributed by atoms with E-state index < -0.39 is 29.7 Å². The third-order valence-corrected chi connectivity index (χ3v) is 2.70. The van der Waals surface area contributed by atoms with Crippen LogP contribution in [0.3, 0.4) is 0 Å². The molecular formula is C10H14N2O5. The predicted molar refractivity (Wildman–Crippen MR) is 57.7 cm³/mol. The van der Waals surface area contributed by atoms with Gasteiger partial charge >= 0.3 is 5.69 Å². The molecule has 0 saturated carbocycles. The van der Waals surface area contributed by atoms with E-state index in [1.54, 1.807) is 0 Å². The van der Waals surface area contributed by atoms with Crippen molar-refractivity contribution >= 4 is 0 Å². The number of aromatic nitrogens is 2. The first kappa shape index (κ1) is 12.0. The highest BCUT2D eigenvalue weighted by Gasteiger charge is 2.35. The number of rotatable bonds is 3. The Morgan fingerprint density at radius 1 is 1.65 bits per heavy atom. The molecule has 1 fully saturated rings. The van der Waals surface area contributed by atoms with Gasteiger partial charge in [-0.3, -0.25) is 14.3 Å². The molecule has 94 valence electrons. The first-order chi connectivity index (χ1) is 8.11. The summed E-state index contributed by atoms with van der Waals surface area (Å²) >= 11 is 0. The van der Waals surface area contributed by atoms with Crippen molar-refractivity contribution in [3.05, 3.63) is 33.1 Å². The SMILES string of the molecule is COC[C@H]1O[C@@H](n2ccc(=O)[nH]c2=O)CC1O. The van der Waals surface area contributed by atoms with Gasteiger partial charge < -0.3 is 14.6 Å². The van der Waals surface area contributed by atoms with Crippen LogP contribution in [0.25, 0.3) is 0 Å². The maximum Gasteiger partial charge on any atom is 0.330 e. The predicted octanol–water partition coefficient (Wildman–Crippen LogP) is -1.17. The summed E-state index contributed by atoms with van der Waals surface area (Å²) in [6, 6.07) is 1.24. The zero-order valence-corrected chi connectivity index (χ0v) is 9.33. The van der Waals surface area contributed by atoms with E-state index in [4.69, 9.17) is 9.47 Å². The van der Waals surface area contributed by atoms with Crippen molar-refractivity contribution in [1.29, 1.82) is 0 Å². The summed E-state index contributed by atoms with van der Waals surface area (Å²) in [5, 5.41) is 9.70. The molecule has 1 aromatic heterocycles. The molecule has 0 aliphatic carbocycles. The number of aromatic amines is 1. The highest BCUT2D eigenvalue weighted by molar-refractivity contribution is 4.88.